The molecule has 2 heteroatoms. The molecule has 3 aromatic carbocycles. The van der Waals surface area contributed by atoms with Crippen molar-refractivity contribution in [1.82, 2.24) is 0 Å². The smallest absolute Gasteiger partial charge is 0 e. The molecule has 0 atom stereocenters. The average Bonchev–Trinajstić information content (AvgIpc) is 2.50. The minimum Gasteiger partial charge on any atom is -0.358 e. The van der Waals surface area contributed by atoms with Gasteiger partial charge in [-0.15, -0.1) is 0 Å². The van der Waals surface area contributed by atoms with Crippen LogP contribution in [0, 0.1) is 14.9 Å². The molecule has 0 aliphatic heterocycles. The van der Waals surface area contributed by atoms with E-state index < -0.39 is 0 Å². The van der Waals surface area contributed by atoms with Crippen molar-refractivity contribution in [3.05, 3.63) is 111 Å². The second kappa shape index (κ2) is 13.2. The van der Waals surface area contributed by atoms with Crippen molar-refractivity contribution in [2.45, 2.75) is 6.42 Å². The van der Waals surface area contributed by atoms with Gasteiger partial charge < -0.3 is 14.9 Å². The summed E-state index contributed by atoms with van der Waals surface area (Å²) in [4.78, 5) is 0. The Kier molecular flexibility index (Phi) is 14.4. The average molecular weight is 452 g/mol. The zero-order valence-corrected chi connectivity index (χ0v) is 19.6. The van der Waals surface area contributed by atoms with E-state index in [9.17, 15) is 0 Å². The third-order valence-electron chi connectivity index (χ3n) is 3.31. The molecule has 0 aliphatic carbocycles. The van der Waals surface area contributed by atoms with Crippen LogP contribution in [0.3, 0.4) is 0 Å². The van der Waals surface area contributed by atoms with E-state index in [4.69, 9.17) is 0 Å². The molecule has 0 heterocycles. The van der Waals surface area contributed by atoms with Crippen molar-refractivity contribution in [3.8, 4) is 11.1 Å². The molecule has 0 aliphatic rings. The van der Waals surface area contributed by atoms with Gasteiger partial charge in [-0.1, -0.05) is 84.9 Å². The summed E-state index contributed by atoms with van der Waals surface area (Å²) in [6, 6.07) is 29.9. The molecule has 0 fully saturated rings. The maximum absolute atomic E-state index is 2.22. The molecule has 0 spiro atoms. The van der Waals surface area contributed by atoms with Gasteiger partial charge in [-0.05, 0) is 28.7 Å². The topological polar surface area (TPSA) is 0 Å². The minimum atomic E-state index is 0. The van der Waals surface area contributed by atoms with Crippen molar-refractivity contribution in [2.75, 3.05) is 0 Å². The molecule has 0 nitrogen and oxygen atoms in total. The van der Waals surface area contributed by atoms with Crippen molar-refractivity contribution in [3.63, 3.8) is 0 Å². The van der Waals surface area contributed by atoms with Gasteiger partial charge in [-0.2, -0.15) is 0 Å². The van der Waals surface area contributed by atoms with Crippen LogP contribution in [-0.4, -0.2) is 0 Å². The van der Waals surface area contributed by atoms with Gasteiger partial charge in [0.1, 0.15) is 0 Å². The second-order valence-electron chi connectivity index (χ2n) is 4.73. The molecular formula is C21H22Y2-2. The Morgan fingerprint density at radius 2 is 0.826 bits per heavy atom. The fourth-order valence-corrected chi connectivity index (χ4v) is 2.28. The van der Waals surface area contributed by atoms with Crippen LogP contribution in [0.5, 0.6) is 0 Å². The molecule has 0 saturated heterocycles. The van der Waals surface area contributed by atoms with Gasteiger partial charge in [0.2, 0.25) is 0 Å². The van der Waals surface area contributed by atoms with Crippen molar-refractivity contribution >= 4 is 0 Å². The maximum atomic E-state index is 2.22. The number of rotatable bonds is 3. The van der Waals surface area contributed by atoms with Crippen LogP contribution in [0.15, 0.2) is 84.9 Å². The van der Waals surface area contributed by atoms with Gasteiger partial charge in [-0.3, -0.25) is 0 Å². The molecule has 0 amide bonds. The Balaban J connectivity index is 0. The summed E-state index contributed by atoms with van der Waals surface area (Å²) in [6.07, 6.45) is 0.996. The van der Waals surface area contributed by atoms with Gasteiger partial charge in [0, 0.05) is 65.4 Å². The van der Waals surface area contributed by atoms with Crippen LogP contribution in [0.2, 0.25) is 0 Å². The Morgan fingerprint density at radius 3 is 1.35 bits per heavy atom. The van der Waals surface area contributed by atoms with Crippen LogP contribution < -0.4 is 0 Å². The molecule has 0 saturated carbocycles. The second-order valence-corrected chi connectivity index (χ2v) is 4.73. The van der Waals surface area contributed by atoms with E-state index in [-0.39, 0.29) is 80.3 Å². The number of benzene rings is 3. The Bertz CT molecular complexity index is 632. The molecule has 0 unspecified atom stereocenters. The Hall–Kier alpha value is -0.132. The van der Waals surface area contributed by atoms with E-state index in [0.29, 0.717) is 0 Å². The molecule has 23 heavy (non-hydrogen) atoms. The fraction of sp³-hybridized carbons (Fsp3) is 0.0476. The van der Waals surface area contributed by atoms with Gasteiger partial charge in [0.15, 0.2) is 0 Å². The largest absolute Gasteiger partial charge is 0.358 e. The standard InChI is InChI=1S/C19H16.2CH3.2Y/c1-3-7-16(8-4-1)15-17-11-13-19(14-12-17)18-9-5-2-6-10-18;;;;/h1-14H,15H2;2*1H3;;/q;2*-1;;. The summed E-state index contributed by atoms with van der Waals surface area (Å²) in [6.45, 7) is 0. The first kappa shape index (κ1) is 25.1. The monoisotopic (exact) mass is 452 g/mol. The molecule has 0 N–H and O–H groups in total. The van der Waals surface area contributed by atoms with E-state index in [1.807, 2.05) is 6.07 Å². The zero-order chi connectivity index (χ0) is 12.9. The predicted octanol–water partition coefficient (Wildman–Crippen LogP) is 5.84. The van der Waals surface area contributed by atoms with E-state index in [0.717, 1.165) is 6.42 Å². The van der Waals surface area contributed by atoms with Crippen LogP contribution in [0.4, 0.5) is 0 Å². The first-order valence-corrected chi connectivity index (χ1v) is 6.60. The predicted molar refractivity (Wildman–Crippen MR) is 94.0 cm³/mol. The fourth-order valence-electron chi connectivity index (χ4n) is 2.28. The van der Waals surface area contributed by atoms with E-state index in [1.165, 1.54) is 22.3 Å². The normalized spacial score (nSPS) is 8.52. The number of hydrogen-bond donors (Lipinski definition) is 0. The summed E-state index contributed by atoms with van der Waals surface area (Å²) < 4.78 is 0. The van der Waals surface area contributed by atoms with Gasteiger partial charge in [0.05, 0.1) is 0 Å². The first-order valence-electron chi connectivity index (χ1n) is 6.60. The maximum Gasteiger partial charge on any atom is 0 e. The molecule has 0 aromatic heterocycles. The summed E-state index contributed by atoms with van der Waals surface area (Å²) in [5, 5.41) is 0. The summed E-state index contributed by atoms with van der Waals surface area (Å²) in [7, 11) is 0. The van der Waals surface area contributed by atoms with E-state index in [1.54, 1.807) is 0 Å². The molecule has 114 valence electrons. The Morgan fingerprint density at radius 1 is 0.435 bits per heavy atom. The van der Waals surface area contributed by atoms with E-state index in [2.05, 4.69) is 78.9 Å². The van der Waals surface area contributed by atoms with Crippen LogP contribution in [0.25, 0.3) is 11.1 Å². The van der Waals surface area contributed by atoms with Gasteiger partial charge in [0.25, 0.3) is 0 Å². The third kappa shape index (κ3) is 7.53. The van der Waals surface area contributed by atoms with Crippen molar-refractivity contribution in [1.29, 1.82) is 0 Å². The minimum absolute atomic E-state index is 0. The molecule has 2 radical (unpaired) electrons. The molecule has 0 bridgehead atoms. The quantitative estimate of drug-likeness (QED) is 0.438. The molecular weight excluding hydrogens is 430 g/mol. The Labute approximate surface area is 191 Å². The molecule has 3 rings (SSSR count). The van der Waals surface area contributed by atoms with Crippen molar-refractivity contribution in [2.24, 2.45) is 0 Å². The van der Waals surface area contributed by atoms with Crippen LogP contribution in [-0.2, 0) is 71.8 Å². The van der Waals surface area contributed by atoms with E-state index >= 15 is 0 Å². The number of hydrogen-bond acceptors (Lipinski definition) is 0. The SMILES string of the molecule is [CH3-].[CH3-].[Y].[Y].c1ccc(Cc2ccc(-c3ccccc3)cc2)cc1. The zero-order valence-electron chi connectivity index (χ0n) is 13.9. The first-order chi connectivity index (χ1) is 9.42. The van der Waals surface area contributed by atoms with Crippen LogP contribution in [0.1, 0.15) is 11.1 Å². The van der Waals surface area contributed by atoms with Crippen molar-refractivity contribution < 1.29 is 65.4 Å². The third-order valence-corrected chi connectivity index (χ3v) is 3.31. The molecule has 3 aromatic rings. The summed E-state index contributed by atoms with van der Waals surface area (Å²) in [5.41, 5.74) is 5.26. The van der Waals surface area contributed by atoms with Gasteiger partial charge >= 0.3 is 0 Å². The van der Waals surface area contributed by atoms with Gasteiger partial charge in [-0.25, -0.2) is 0 Å². The van der Waals surface area contributed by atoms with Crippen LogP contribution >= 0.6 is 0 Å². The summed E-state index contributed by atoms with van der Waals surface area (Å²) in [5.74, 6) is 0. The summed E-state index contributed by atoms with van der Waals surface area (Å²) >= 11 is 0.